The fourth-order valence-electron chi connectivity index (χ4n) is 3.84. The van der Waals surface area contributed by atoms with Gasteiger partial charge in [-0.1, -0.05) is 29.8 Å². The molecule has 1 aromatic heterocycles. The van der Waals surface area contributed by atoms with E-state index in [0.717, 1.165) is 11.3 Å². The average Bonchev–Trinajstić information content (AvgIpc) is 3.09. The van der Waals surface area contributed by atoms with Gasteiger partial charge < -0.3 is 15.5 Å². The molecular formula is C22H22ClN5O3. The first-order chi connectivity index (χ1) is 15.0. The molecule has 0 saturated carbocycles. The molecule has 2 aliphatic heterocycles. The van der Waals surface area contributed by atoms with Crippen molar-refractivity contribution >= 4 is 29.4 Å². The molecule has 1 atom stereocenters. The zero-order valence-corrected chi connectivity index (χ0v) is 17.7. The number of hydrogen-bond donors (Lipinski definition) is 2. The van der Waals surface area contributed by atoms with Gasteiger partial charge in [-0.25, -0.2) is 4.79 Å². The predicted molar refractivity (Wildman–Crippen MR) is 115 cm³/mol. The number of pyridine rings is 1. The van der Waals surface area contributed by atoms with E-state index >= 15 is 0 Å². The molecule has 3 heterocycles. The van der Waals surface area contributed by atoms with Gasteiger partial charge in [0.15, 0.2) is 0 Å². The summed E-state index contributed by atoms with van der Waals surface area (Å²) in [6, 6.07) is 11.6. The second-order valence-electron chi connectivity index (χ2n) is 7.30. The molecule has 0 bridgehead atoms. The number of carbonyl (C=O) groups excluding carboxylic acids is 3. The highest BCUT2D eigenvalue weighted by Crippen LogP contribution is 2.36. The van der Waals surface area contributed by atoms with E-state index in [1.54, 1.807) is 41.4 Å². The monoisotopic (exact) mass is 439 g/mol. The van der Waals surface area contributed by atoms with Gasteiger partial charge in [0.05, 0.1) is 36.1 Å². The summed E-state index contributed by atoms with van der Waals surface area (Å²) >= 11 is 5.99. The average molecular weight is 440 g/mol. The molecule has 0 fully saturated rings. The second-order valence-corrected chi connectivity index (χ2v) is 7.73. The van der Waals surface area contributed by atoms with Gasteiger partial charge in [-0.05, 0) is 36.8 Å². The molecule has 0 saturated heterocycles. The molecule has 0 unspecified atom stereocenters. The van der Waals surface area contributed by atoms with E-state index < -0.39 is 6.04 Å². The van der Waals surface area contributed by atoms with Gasteiger partial charge in [0, 0.05) is 17.8 Å². The number of rotatable bonds is 6. The number of nitrogens with zero attached hydrogens (tertiary/aromatic N) is 3. The van der Waals surface area contributed by atoms with Crippen LogP contribution in [0.4, 0.5) is 4.79 Å². The predicted octanol–water partition coefficient (Wildman–Crippen LogP) is 2.23. The van der Waals surface area contributed by atoms with E-state index in [1.807, 2.05) is 19.1 Å². The highest BCUT2D eigenvalue weighted by Gasteiger charge is 2.43. The summed E-state index contributed by atoms with van der Waals surface area (Å²) in [4.78, 5) is 45.5. The van der Waals surface area contributed by atoms with E-state index in [1.165, 1.54) is 4.90 Å². The van der Waals surface area contributed by atoms with E-state index in [9.17, 15) is 14.4 Å². The first kappa shape index (κ1) is 20.9. The number of amides is 4. The number of likely N-dealkylation sites (N-methyl/N-ethyl adjacent to an activating group) is 1. The zero-order chi connectivity index (χ0) is 22.0. The fourth-order valence-corrected chi connectivity index (χ4v) is 3.96. The van der Waals surface area contributed by atoms with Gasteiger partial charge in [0.1, 0.15) is 6.54 Å². The van der Waals surface area contributed by atoms with Crippen LogP contribution in [0.3, 0.4) is 0 Å². The molecule has 0 spiro atoms. The molecule has 2 aliphatic rings. The van der Waals surface area contributed by atoms with Crippen molar-refractivity contribution in [2.24, 2.45) is 0 Å². The van der Waals surface area contributed by atoms with Crippen LogP contribution < -0.4 is 10.6 Å². The van der Waals surface area contributed by atoms with Gasteiger partial charge in [-0.3, -0.25) is 19.5 Å². The molecule has 160 valence electrons. The Kier molecular flexibility index (Phi) is 5.90. The molecule has 4 amide bonds. The largest absolute Gasteiger partial charge is 0.349 e. The van der Waals surface area contributed by atoms with Crippen LogP contribution in [0.25, 0.3) is 0 Å². The topological polar surface area (TPSA) is 94.6 Å². The van der Waals surface area contributed by atoms with E-state index in [0.29, 0.717) is 22.8 Å². The van der Waals surface area contributed by atoms with Crippen molar-refractivity contribution < 1.29 is 14.4 Å². The Morgan fingerprint density at radius 3 is 2.68 bits per heavy atom. The van der Waals surface area contributed by atoms with Gasteiger partial charge in [0.2, 0.25) is 5.91 Å². The summed E-state index contributed by atoms with van der Waals surface area (Å²) in [5.74, 6) is -0.550. The van der Waals surface area contributed by atoms with Crippen LogP contribution in [0, 0.1) is 0 Å². The zero-order valence-electron chi connectivity index (χ0n) is 17.0. The normalized spacial score (nSPS) is 18.2. The third-order valence-corrected chi connectivity index (χ3v) is 5.60. The highest BCUT2D eigenvalue weighted by atomic mass is 35.5. The quantitative estimate of drug-likeness (QED) is 0.721. The Morgan fingerprint density at radius 1 is 1.23 bits per heavy atom. The van der Waals surface area contributed by atoms with Crippen LogP contribution in [0.15, 0.2) is 59.9 Å². The Labute approximate surface area is 184 Å². The molecule has 31 heavy (non-hydrogen) atoms. The number of hydrogen-bond acceptors (Lipinski definition) is 4. The molecular weight excluding hydrogens is 418 g/mol. The Morgan fingerprint density at radius 2 is 2.00 bits per heavy atom. The van der Waals surface area contributed by atoms with Crippen molar-refractivity contribution in [3.63, 3.8) is 0 Å². The van der Waals surface area contributed by atoms with E-state index in [2.05, 4.69) is 15.6 Å². The second kappa shape index (κ2) is 8.77. The fraction of sp³-hybridized carbons (Fsp3) is 0.273. The number of urea groups is 1. The van der Waals surface area contributed by atoms with E-state index in [-0.39, 0.29) is 37.5 Å². The summed E-state index contributed by atoms with van der Waals surface area (Å²) < 4.78 is 0. The van der Waals surface area contributed by atoms with Crippen molar-refractivity contribution in [2.75, 3.05) is 19.6 Å². The van der Waals surface area contributed by atoms with Crippen LogP contribution in [-0.2, 0) is 16.1 Å². The van der Waals surface area contributed by atoms with Crippen LogP contribution in [0.2, 0.25) is 5.02 Å². The molecule has 8 nitrogen and oxygen atoms in total. The van der Waals surface area contributed by atoms with E-state index in [4.69, 9.17) is 11.6 Å². The van der Waals surface area contributed by atoms with Crippen molar-refractivity contribution in [2.45, 2.75) is 19.5 Å². The summed E-state index contributed by atoms with van der Waals surface area (Å²) in [5.41, 5.74) is 2.61. The van der Waals surface area contributed by atoms with Crippen LogP contribution in [0.5, 0.6) is 0 Å². The molecule has 9 heteroatoms. The molecule has 2 N–H and O–H groups in total. The van der Waals surface area contributed by atoms with Crippen LogP contribution in [0.1, 0.15) is 24.2 Å². The summed E-state index contributed by atoms with van der Waals surface area (Å²) in [7, 11) is 0. The first-order valence-electron chi connectivity index (χ1n) is 10.0. The summed E-state index contributed by atoms with van der Waals surface area (Å²) in [6.07, 6.45) is 1.66. The van der Waals surface area contributed by atoms with Crippen molar-refractivity contribution in [1.29, 1.82) is 0 Å². The lowest BCUT2D eigenvalue weighted by Gasteiger charge is -2.32. The molecule has 1 aromatic carbocycles. The first-order valence-corrected chi connectivity index (χ1v) is 10.4. The van der Waals surface area contributed by atoms with Gasteiger partial charge >= 0.3 is 6.03 Å². The Bertz CT molecular complexity index is 1040. The minimum Gasteiger partial charge on any atom is -0.349 e. The van der Waals surface area contributed by atoms with Gasteiger partial charge in [-0.2, -0.15) is 0 Å². The molecule has 2 aromatic rings. The standard InChI is InChI=1S/C22H22ClN5O3/c1-2-28-17-12-27(13-18(29)25-11-16-5-3-4-10-24-16)21(30)19(17)20(26-22(28)31)14-6-8-15(23)9-7-14/h3-10,20H,2,11-13H2,1H3,(H,25,29)(H,26,31)/t20-/m0/s1. The SMILES string of the molecule is CCN1C(=O)N[C@@H](c2ccc(Cl)cc2)C2=C1CN(CC(=O)NCc1ccccn1)C2=O. The van der Waals surface area contributed by atoms with Crippen molar-refractivity contribution in [3.05, 3.63) is 76.2 Å². The van der Waals surface area contributed by atoms with Crippen molar-refractivity contribution in [1.82, 2.24) is 25.4 Å². The third kappa shape index (κ3) is 4.25. The summed E-state index contributed by atoms with van der Waals surface area (Å²) in [6.45, 7) is 2.65. The Balaban J connectivity index is 1.51. The maximum Gasteiger partial charge on any atom is 0.322 e. The molecule has 0 aliphatic carbocycles. The third-order valence-electron chi connectivity index (χ3n) is 5.34. The molecule has 4 rings (SSSR count). The lowest BCUT2D eigenvalue weighted by molar-refractivity contribution is -0.132. The smallest absolute Gasteiger partial charge is 0.322 e. The highest BCUT2D eigenvalue weighted by molar-refractivity contribution is 6.30. The summed E-state index contributed by atoms with van der Waals surface area (Å²) in [5, 5.41) is 6.26. The molecule has 0 radical (unpaired) electrons. The van der Waals surface area contributed by atoms with Crippen LogP contribution >= 0.6 is 11.6 Å². The lowest BCUT2D eigenvalue weighted by Crippen LogP contribution is -2.47. The van der Waals surface area contributed by atoms with Gasteiger partial charge in [-0.15, -0.1) is 0 Å². The number of aromatic nitrogens is 1. The lowest BCUT2D eigenvalue weighted by atomic mass is 9.95. The number of carbonyl (C=O) groups is 3. The maximum atomic E-state index is 13.2. The van der Waals surface area contributed by atoms with Gasteiger partial charge in [0.25, 0.3) is 5.91 Å². The number of halogens is 1. The van der Waals surface area contributed by atoms with Crippen molar-refractivity contribution in [3.8, 4) is 0 Å². The minimum absolute atomic E-state index is 0.0995. The minimum atomic E-state index is -0.586. The number of benzene rings is 1. The maximum absolute atomic E-state index is 13.2. The number of nitrogens with one attached hydrogen (secondary N) is 2. The Hall–Kier alpha value is -3.39. The van der Waals surface area contributed by atoms with Crippen LogP contribution in [-0.4, -0.2) is 52.3 Å².